The van der Waals surface area contributed by atoms with E-state index in [1.807, 2.05) is 0 Å². The monoisotopic (exact) mass is 1110 g/mol. The average Bonchev–Trinajstić information content (AvgIpc) is 3.50. The number of fused-ring (bicyclic) bond motifs is 2. The van der Waals surface area contributed by atoms with E-state index in [0.717, 1.165) is 126 Å². The topological polar surface area (TPSA) is 334 Å². The van der Waals surface area contributed by atoms with E-state index in [-0.39, 0.29) is 45.1 Å². The number of ether oxygens (including phenoxy) is 14. The van der Waals surface area contributed by atoms with Crippen LogP contribution in [0.2, 0.25) is 0 Å². The van der Waals surface area contributed by atoms with Crippen LogP contribution in [0.15, 0.2) is 42.5 Å². The molecule has 6 rings (SSSR count). The van der Waals surface area contributed by atoms with E-state index in [9.17, 15) is 57.5 Å². The van der Waals surface area contributed by atoms with Crippen LogP contribution in [0.5, 0.6) is 69.0 Å². The summed E-state index contributed by atoms with van der Waals surface area (Å²) < 4.78 is 80.5. The molecule has 0 N–H and O–H groups in total. The Morgan fingerprint density at radius 2 is 0.713 bits per heavy atom. The van der Waals surface area contributed by atoms with Crippen molar-refractivity contribution in [2.45, 2.75) is 120 Å². The van der Waals surface area contributed by atoms with Gasteiger partial charge in [-0.1, -0.05) is 0 Å². The van der Waals surface area contributed by atoms with Gasteiger partial charge in [-0.05, 0) is 24.3 Å². The minimum absolute atomic E-state index is 0.0517. The molecule has 422 valence electrons. The van der Waals surface area contributed by atoms with E-state index in [1.165, 1.54) is 0 Å². The molecule has 5 atom stereocenters. The Balaban J connectivity index is 1.78. The first-order valence-electron chi connectivity index (χ1n) is 23.7. The smallest absolute Gasteiger partial charge is 0.308 e. The standard InChI is InChI=1S/C54H50O26/c1-21(55)67-35-17-38(68-22(2)56)46-39(18-35)80-50(34-15-43(72-26(6)60)53(77-31(11)65)44(16-34)73-27(7)61)54(78-32(12)66)48(46)47-40(69-23(3)57)20-37-36(51(47)75-29(9)63)19-45(74-28(8)62)49(79-37)33-13-41(70-24(4)58)52(76-30(10)64)42(14-33)71-25(5)59/h13-18,20,45,48-50,54H,19H2,1-12H3. The number of carbonyl (C=O) groups excluding carboxylic acids is 12. The van der Waals surface area contributed by atoms with Crippen molar-refractivity contribution in [2.75, 3.05) is 0 Å². The molecule has 0 saturated heterocycles. The first-order chi connectivity index (χ1) is 37.5. The lowest BCUT2D eigenvalue weighted by molar-refractivity contribution is -0.154. The van der Waals surface area contributed by atoms with Gasteiger partial charge < -0.3 is 66.3 Å². The molecule has 0 aromatic heterocycles. The average molecular weight is 1110 g/mol. The second kappa shape index (κ2) is 24.6. The predicted molar refractivity (Wildman–Crippen MR) is 262 cm³/mol. The first kappa shape index (κ1) is 59.4. The Bertz CT molecular complexity index is 3220. The highest BCUT2D eigenvalue weighted by atomic mass is 16.6. The molecule has 0 radical (unpaired) electrons. The minimum Gasteiger partial charge on any atom is -0.481 e. The Morgan fingerprint density at radius 1 is 0.350 bits per heavy atom. The molecule has 2 aliphatic heterocycles. The lowest BCUT2D eigenvalue weighted by Gasteiger charge is -2.41. The molecule has 80 heavy (non-hydrogen) atoms. The molecule has 0 saturated carbocycles. The van der Waals surface area contributed by atoms with Crippen LogP contribution in [-0.4, -0.2) is 83.8 Å². The van der Waals surface area contributed by atoms with Crippen LogP contribution in [-0.2, 0) is 73.4 Å². The van der Waals surface area contributed by atoms with Crippen LogP contribution >= 0.6 is 0 Å². The SMILES string of the molecule is CC(=O)Oc1cc(OC(C)=O)c2c(c1)OC(c1cc(OC(C)=O)c(OC(C)=O)c(OC(C)=O)c1)C(OC(C)=O)C2c1c(OC(C)=O)cc2c(c1OC(C)=O)CC(OC(C)=O)C(c1cc(OC(C)=O)c(OC(C)=O)c(OC(C)=O)c1)O2. The molecule has 5 unspecified atom stereocenters. The van der Waals surface area contributed by atoms with Crippen molar-refractivity contribution < 1.29 is 124 Å². The fraction of sp³-hybridized carbons (Fsp3) is 0.333. The maximum absolute atomic E-state index is 13.6. The van der Waals surface area contributed by atoms with Crippen molar-refractivity contribution in [1.82, 2.24) is 0 Å². The third-order valence-corrected chi connectivity index (χ3v) is 10.8. The van der Waals surface area contributed by atoms with E-state index in [4.69, 9.17) is 66.3 Å². The van der Waals surface area contributed by atoms with E-state index >= 15 is 0 Å². The zero-order valence-corrected chi connectivity index (χ0v) is 44.7. The van der Waals surface area contributed by atoms with Crippen LogP contribution in [0.3, 0.4) is 0 Å². The first-order valence-corrected chi connectivity index (χ1v) is 23.7. The van der Waals surface area contributed by atoms with Crippen molar-refractivity contribution in [3.63, 3.8) is 0 Å². The lowest BCUT2D eigenvalue weighted by atomic mass is 9.77. The normalized spacial score (nSPS) is 16.6. The van der Waals surface area contributed by atoms with Crippen LogP contribution < -0.4 is 56.8 Å². The molecule has 0 amide bonds. The zero-order chi connectivity index (χ0) is 59.2. The highest BCUT2D eigenvalue weighted by Gasteiger charge is 2.50. The highest BCUT2D eigenvalue weighted by Crippen LogP contribution is 2.59. The Kier molecular flexibility index (Phi) is 18.3. The largest absolute Gasteiger partial charge is 0.481 e. The van der Waals surface area contributed by atoms with Crippen molar-refractivity contribution in [1.29, 1.82) is 0 Å². The molecule has 2 heterocycles. The minimum atomic E-state index is -1.89. The number of esters is 12. The summed E-state index contributed by atoms with van der Waals surface area (Å²) in [6, 6.07) is 7.91. The Morgan fingerprint density at radius 3 is 1.11 bits per heavy atom. The van der Waals surface area contributed by atoms with Gasteiger partial charge in [0.15, 0.2) is 41.3 Å². The van der Waals surface area contributed by atoms with Crippen LogP contribution in [0.4, 0.5) is 0 Å². The van der Waals surface area contributed by atoms with Crippen LogP contribution in [0.25, 0.3) is 0 Å². The van der Waals surface area contributed by atoms with Gasteiger partial charge in [-0.3, -0.25) is 57.5 Å². The molecule has 0 spiro atoms. The van der Waals surface area contributed by atoms with Gasteiger partial charge in [0.2, 0.25) is 11.5 Å². The lowest BCUT2D eigenvalue weighted by Crippen LogP contribution is -2.40. The Hall–Kier alpha value is -9.88. The van der Waals surface area contributed by atoms with E-state index in [2.05, 4.69) is 0 Å². The van der Waals surface area contributed by atoms with Crippen molar-refractivity contribution in [3.05, 3.63) is 70.3 Å². The molecule has 0 bridgehead atoms. The molecule has 26 heteroatoms. The fourth-order valence-electron chi connectivity index (χ4n) is 8.69. The zero-order valence-electron chi connectivity index (χ0n) is 44.7. The van der Waals surface area contributed by atoms with Crippen molar-refractivity contribution in [2.24, 2.45) is 0 Å². The summed E-state index contributed by atoms with van der Waals surface area (Å²) in [4.78, 5) is 154. The summed E-state index contributed by atoms with van der Waals surface area (Å²) in [5.74, 6) is -18.8. The summed E-state index contributed by atoms with van der Waals surface area (Å²) in [6.07, 6.45) is -7.16. The van der Waals surface area contributed by atoms with Gasteiger partial charge >= 0.3 is 71.6 Å². The quantitative estimate of drug-likeness (QED) is 0.101. The third-order valence-electron chi connectivity index (χ3n) is 10.8. The summed E-state index contributed by atoms with van der Waals surface area (Å²) in [6.45, 7) is 12.1. The van der Waals surface area contributed by atoms with Gasteiger partial charge in [0, 0.05) is 136 Å². The number of hydrogen-bond donors (Lipinski definition) is 0. The van der Waals surface area contributed by atoms with E-state index < -0.39 is 160 Å². The molecular weight excluding hydrogens is 1060 g/mol. The van der Waals surface area contributed by atoms with E-state index in [1.54, 1.807) is 0 Å². The summed E-state index contributed by atoms with van der Waals surface area (Å²) in [7, 11) is 0. The number of benzene rings is 4. The maximum Gasteiger partial charge on any atom is 0.308 e. The van der Waals surface area contributed by atoms with Gasteiger partial charge in [-0.25, -0.2) is 0 Å². The summed E-state index contributed by atoms with van der Waals surface area (Å²) in [5, 5.41) is 0. The predicted octanol–water partition coefficient (Wildman–Crippen LogP) is 5.74. The second-order valence-electron chi connectivity index (χ2n) is 17.5. The molecule has 4 aromatic rings. The number of rotatable bonds is 15. The van der Waals surface area contributed by atoms with Gasteiger partial charge in [0.05, 0.1) is 5.92 Å². The molecule has 0 aliphatic carbocycles. The maximum atomic E-state index is 13.6. The van der Waals surface area contributed by atoms with Crippen molar-refractivity contribution in [3.8, 4) is 69.0 Å². The van der Waals surface area contributed by atoms with Gasteiger partial charge in [-0.15, -0.1) is 0 Å². The van der Waals surface area contributed by atoms with Gasteiger partial charge in [-0.2, -0.15) is 0 Å². The Labute approximate surface area is 453 Å². The molecular formula is C54H50O26. The number of carbonyl (C=O) groups is 12. The molecule has 0 fully saturated rings. The van der Waals surface area contributed by atoms with Crippen molar-refractivity contribution >= 4 is 71.6 Å². The van der Waals surface area contributed by atoms with E-state index in [0.29, 0.717) is 0 Å². The summed E-state index contributed by atoms with van der Waals surface area (Å²) in [5.41, 5.74) is -0.978. The fourth-order valence-corrected chi connectivity index (χ4v) is 8.69. The summed E-state index contributed by atoms with van der Waals surface area (Å²) >= 11 is 0. The van der Waals surface area contributed by atoms with Crippen LogP contribution in [0, 0.1) is 0 Å². The second-order valence-corrected chi connectivity index (χ2v) is 17.5. The van der Waals surface area contributed by atoms with Crippen LogP contribution in [0.1, 0.15) is 129 Å². The highest BCUT2D eigenvalue weighted by molar-refractivity contribution is 5.82. The number of hydrogen-bond acceptors (Lipinski definition) is 26. The third kappa shape index (κ3) is 14.4. The van der Waals surface area contributed by atoms with Gasteiger partial charge in [0.25, 0.3) is 0 Å². The van der Waals surface area contributed by atoms with Gasteiger partial charge in [0.1, 0.15) is 40.6 Å². The molecule has 2 aliphatic rings. The molecule has 4 aromatic carbocycles. The molecule has 26 nitrogen and oxygen atoms in total.